The number of nitrogens with one attached hydrogen (secondary N) is 1. The SMILES string of the molecule is CCN1N=C(c2ccccc2)C(N2CCCCC2)NC1=O. The second-order valence-corrected chi connectivity index (χ2v) is 5.52. The number of nitrogens with zero attached hydrogens (tertiary/aromatic N) is 3. The van der Waals surface area contributed by atoms with E-state index in [0.29, 0.717) is 6.54 Å². The number of hydrazone groups is 1. The molecule has 21 heavy (non-hydrogen) atoms. The Labute approximate surface area is 125 Å². The molecule has 1 unspecified atom stereocenters. The zero-order chi connectivity index (χ0) is 14.7. The summed E-state index contributed by atoms with van der Waals surface area (Å²) in [4.78, 5) is 14.5. The van der Waals surface area contributed by atoms with Gasteiger partial charge in [-0.15, -0.1) is 0 Å². The first kappa shape index (κ1) is 14.1. The first-order chi connectivity index (χ1) is 10.3. The molecule has 112 valence electrons. The summed E-state index contributed by atoms with van der Waals surface area (Å²) in [7, 11) is 0. The topological polar surface area (TPSA) is 47.9 Å². The molecule has 0 radical (unpaired) electrons. The number of carbonyl (C=O) groups is 1. The Kier molecular flexibility index (Phi) is 4.20. The minimum Gasteiger partial charge on any atom is -0.315 e. The number of likely N-dealkylation sites (tertiary alicyclic amines) is 1. The van der Waals surface area contributed by atoms with Gasteiger partial charge in [-0.1, -0.05) is 36.8 Å². The van der Waals surface area contributed by atoms with Gasteiger partial charge in [-0.3, -0.25) is 4.90 Å². The fraction of sp³-hybridized carbons (Fsp3) is 0.500. The van der Waals surface area contributed by atoms with Gasteiger partial charge in [-0.25, -0.2) is 9.80 Å². The predicted molar refractivity (Wildman–Crippen MR) is 83.1 cm³/mol. The molecule has 2 heterocycles. The molecule has 1 atom stereocenters. The summed E-state index contributed by atoms with van der Waals surface area (Å²) in [5, 5.41) is 9.23. The van der Waals surface area contributed by atoms with Crippen LogP contribution in [-0.4, -0.2) is 47.5 Å². The average molecular weight is 286 g/mol. The van der Waals surface area contributed by atoms with E-state index < -0.39 is 0 Å². The van der Waals surface area contributed by atoms with E-state index in [2.05, 4.69) is 27.5 Å². The van der Waals surface area contributed by atoms with Gasteiger partial charge in [0.1, 0.15) is 11.9 Å². The Morgan fingerprint density at radius 1 is 1.19 bits per heavy atom. The summed E-state index contributed by atoms with van der Waals surface area (Å²) in [6.07, 6.45) is 3.54. The van der Waals surface area contributed by atoms with E-state index in [4.69, 9.17) is 0 Å². The van der Waals surface area contributed by atoms with E-state index in [1.807, 2.05) is 25.1 Å². The third kappa shape index (κ3) is 2.93. The number of hydrogen-bond donors (Lipinski definition) is 1. The molecule has 2 aliphatic heterocycles. The molecule has 2 aliphatic rings. The van der Waals surface area contributed by atoms with Gasteiger partial charge in [0, 0.05) is 25.2 Å². The number of urea groups is 1. The van der Waals surface area contributed by atoms with Crippen LogP contribution >= 0.6 is 0 Å². The summed E-state index contributed by atoms with van der Waals surface area (Å²) in [6, 6.07) is 10.0. The van der Waals surface area contributed by atoms with Crippen molar-refractivity contribution in [3.05, 3.63) is 35.9 Å². The van der Waals surface area contributed by atoms with Crippen molar-refractivity contribution in [2.24, 2.45) is 5.10 Å². The largest absolute Gasteiger partial charge is 0.339 e. The van der Waals surface area contributed by atoms with Crippen LogP contribution in [0.5, 0.6) is 0 Å². The van der Waals surface area contributed by atoms with Crippen LogP contribution in [0.2, 0.25) is 0 Å². The number of amides is 2. The van der Waals surface area contributed by atoms with Gasteiger partial charge >= 0.3 is 6.03 Å². The monoisotopic (exact) mass is 286 g/mol. The lowest BCUT2D eigenvalue weighted by Gasteiger charge is -2.39. The second-order valence-electron chi connectivity index (χ2n) is 5.52. The molecule has 1 saturated heterocycles. The summed E-state index contributed by atoms with van der Waals surface area (Å²) in [5.74, 6) is 0. The second kappa shape index (κ2) is 6.26. The Morgan fingerprint density at radius 3 is 2.57 bits per heavy atom. The fourth-order valence-corrected chi connectivity index (χ4v) is 2.97. The molecule has 5 nitrogen and oxygen atoms in total. The lowest BCUT2D eigenvalue weighted by molar-refractivity contribution is 0.148. The highest BCUT2D eigenvalue weighted by Crippen LogP contribution is 2.18. The molecule has 5 heteroatoms. The molecule has 2 amide bonds. The summed E-state index contributed by atoms with van der Waals surface area (Å²) < 4.78 is 0. The van der Waals surface area contributed by atoms with Crippen LogP contribution in [0.25, 0.3) is 0 Å². The number of benzene rings is 1. The quantitative estimate of drug-likeness (QED) is 0.926. The molecule has 1 aromatic carbocycles. The molecule has 1 aromatic rings. The van der Waals surface area contributed by atoms with Gasteiger partial charge in [0.2, 0.25) is 0 Å². The number of carbonyl (C=O) groups excluding carboxylic acids is 1. The molecule has 0 spiro atoms. The molecule has 1 N–H and O–H groups in total. The lowest BCUT2D eigenvalue weighted by Crippen LogP contribution is -2.60. The highest BCUT2D eigenvalue weighted by atomic mass is 16.2. The number of hydrogen-bond acceptors (Lipinski definition) is 3. The minimum absolute atomic E-state index is 0.104. The Bertz CT molecular complexity index is 522. The normalized spacial score (nSPS) is 23.7. The average Bonchev–Trinajstić information content (AvgIpc) is 2.56. The van der Waals surface area contributed by atoms with E-state index in [0.717, 1.165) is 24.4 Å². The Balaban J connectivity index is 1.94. The van der Waals surface area contributed by atoms with Gasteiger partial charge in [-0.2, -0.15) is 5.10 Å². The zero-order valence-electron chi connectivity index (χ0n) is 12.5. The summed E-state index contributed by atoms with van der Waals surface area (Å²) in [5.41, 5.74) is 2.02. The maximum Gasteiger partial charge on any atom is 0.339 e. The molecule has 3 rings (SSSR count). The van der Waals surface area contributed by atoms with E-state index in [-0.39, 0.29) is 12.2 Å². The highest BCUT2D eigenvalue weighted by molar-refractivity contribution is 6.07. The molecule has 0 bridgehead atoms. The van der Waals surface area contributed by atoms with Crippen LogP contribution in [-0.2, 0) is 0 Å². The lowest BCUT2D eigenvalue weighted by atomic mass is 10.0. The molecule has 0 saturated carbocycles. The van der Waals surface area contributed by atoms with Crippen molar-refractivity contribution in [2.45, 2.75) is 32.4 Å². The van der Waals surface area contributed by atoms with Crippen molar-refractivity contribution in [1.29, 1.82) is 0 Å². The van der Waals surface area contributed by atoms with Gasteiger partial charge in [0.25, 0.3) is 0 Å². The van der Waals surface area contributed by atoms with Crippen molar-refractivity contribution < 1.29 is 4.79 Å². The van der Waals surface area contributed by atoms with E-state index in [9.17, 15) is 4.79 Å². The van der Waals surface area contributed by atoms with E-state index in [1.54, 1.807) is 0 Å². The molecular weight excluding hydrogens is 264 g/mol. The fourth-order valence-electron chi connectivity index (χ4n) is 2.97. The standard InChI is InChI=1S/C16H22N4O/c1-2-20-16(21)17-15(19-11-7-4-8-12-19)14(18-20)13-9-5-3-6-10-13/h3,5-6,9-10,15H,2,4,7-8,11-12H2,1H3,(H,17,21). The van der Waals surface area contributed by atoms with Crippen LogP contribution in [0.3, 0.4) is 0 Å². The summed E-state index contributed by atoms with van der Waals surface area (Å²) in [6.45, 7) is 4.55. The van der Waals surface area contributed by atoms with E-state index >= 15 is 0 Å². The van der Waals surface area contributed by atoms with E-state index in [1.165, 1.54) is 24.3 Å². The van der Waals surface area contributed by atoms with Crippen LogP contribution in [0.1, 0.15) is 31.7 Å². The summed E-state index contributed by atoms with van der Waals surface area (Å²) >= 11 is 0. The Hall–Kier alpha value is -1.88. The first-order valence-electron chi connectivity index (χ1n) is 7.75. The third-order valence-electron chi connectivity index (χ3n) is 4.11. The molecule has 0 aliphatic carbocycles. The molecular formula is C16H22N4O. The van der Waals surface area contributed by atoms with Crippen molar-refractivity contribution in [1.82, 2.24) is 15.2 Å². The third-order valence-corrected chi connectivity index (χ3v) is 4.11. The van der Waals surface area contributed by atoms with Crippen molar-refractivity contribution >= 4 is 11.7 Å². The van der Waals surface area contributed by atoms with Gasteiger partial charge in [-0.05, 0) is 19.8 Å². The smallest absolute Gasteiger partial charge is 0.315 e. The van der Waals surface area contributed by atoms with Gasteiger partial charge in [0.15, 0.2) is 0 Å². The molecule has 1 fully saturated rings. The predicted octanol–water partition coefficient (Wildman–Crippen LogP) is 2.25. The highest BCUT2D eigenvalue weighted by Gasteiger charge is 2.33. The van der Waals surface area contributed by atoms with Crippen molar-refractivity contribution in [3.8, 4) is 0 Å². The maximum atomic E-state index is 12.1. The number of piperidine rings is 1. The van der Waals surface area contributed by atoms with Gasteiger partial charge < -0.3 is 5.32 Å². The first-order valence-corrected chi connectivity index (χ1v) is 7.75. The van der Waals surface area contributed by atoms with Crippen molar-refractivity contribution in [3.63, 3.8) is 0 Å². The maximum absolute atomic E-state index is 12.1. The van der Waals surface area contributed by atoms with Crippen LogP contribution < -0.4 is 5.32 Å². The minimum atomic E-state index is -0.108. The van der Waals surface area contributed by atoms with Crippen LogP contribution in [0.15, 0.2) is 35.4 Å². The Morgan fingerprint density at radius 2 is 1.90 bits per heavy atom. The number of rotatable bonds is 3. The van der Waals surface area contributed by atoms with Crippen LogP contribution in [0, 0.1) is 0 Å². The van der Waals surface area contributed by atoms with Gasteiger partial charge in [0.05, 0.1) is 0 Å². The van der Waals surface area contributed by atoms with Crippen LogP contribution in [0.4, 0.5) is 4.79 Å². The zero-order valence-corrected chi connectivity index (χ0v) is 12.5. The van der Waals surface area contributed by atoms with Crippen molar-refractivity contribution in [2.75, 3.05) is 19.6 Å². The molecule has 0 aromatic heterocycles.